The van der Waals surface area contributed by atoms with E-state index in [-0.39, 0.29) is 0 Å². The number of thioether (sulfide) groups is 1. The second-order valence-electron chi connectivity index (χ2n) is 3.38. The molecule has 0 fully saturated rings. The van der Waals surface area contributed by atoms with Crippen LogP contribution in [0.25, 0.3) is 0 Å². The molecule has 0 saturated heterocycles. The Labute approximate surface area is 89.5 Å². The van der Waals surface area contributed by atoms with Gasteiger partial charge in [-0.2, -0.15) is 11.8 Å². The Kier molecular flexibility index (Phi) is 4.07. The first-order valence-corrected chi connectivity index (χ1v) is 5.91. The van der Waals surface area contributed by atoms with Crippen LogP contribution < -0.4 is 11.1 Å². The highest BCUT2D eigenvalue weighted by Gasteiger charge is 2.02. The molecule has 1 heterocycles. The standard InChI is InChI=1S/C10H17N3S/c1-7-4-9(11)10(12-5-7)13-6-8(2)14-3/h4-5,8H,6,11H2,1-3H3,(H,12,13). The van der Waals surface area contributed by atoms with Gasteiger partial charge in [-0.1, -0.05) is 6.92 Å². The monoisotopic (exact) mass is 211 g/mol. The summed E-state index contributed by atoms with van der Waals surface area (Å²) in [4.78, 5) is 4.24. The molecular weight excluding hydrogens is 194 g/mol. The number of nitrogens with two attached hydrogens (primary N) is 1. The summed E-state index contributed by atoms with van der Waals surface area (Å²) in [5.74, 6) is 0.788. The number of pyridine rings is 1. The molecule has 3 nitrogen and oxygen atoms in total. The lowest BCUT2D eigenvalue weighted by molar-refractivity contribution is 0.991. The van der Waals surface area contributed by atoms with E-state index < -0.39 is 0 Å². The summed E-state index contributed by atoms with van der Waals surface area (Å²) in [6, 6.07) is 1.93. The molecule has 0 aliphatic carbocycles. The Hall–Kier alpha value is -0.900. The average Bonchev–Trinajstić information content (AvgIpc) is 2.16. The highest BCUT2D eigenvalue weighted by Crippen LogP contribution is 2.16. The number of rotatable bonds is 4. The molecule has 1 aromatic heterocycles. The van der Waals surface area contributed by atoms with E-state index in [1.165, 1.54) is 0 Å². The molecule has 1 unspecified atom stereocenters. The molecule has 4 heteroatoms. The lowest BCUT2D eigenvalue weighted by Crippen LogP contribution is -2.14. The second kappa shape index (κ2) is 5.10. The topological polar surface area (TPSA) is 50.9 Å². The molecule has 0 aromatic carbocycles. The maximum atomic E-state index is 5.82. The predicted octanol–water partition coefficient (Wildman–Crippen LogP) is 2.14. The van der Waals surface area contributed by atoms with Crippen LogP contribution >= 0.6 is 11.8 Å². The lowest BCUT2D eigenvalue weighted by Gasteiger charge is -2.12. The van der Waals surface area contributed by atoms with Gasteiger partial charge in [-0.15, -0.1) is 0 Å². The number of hydrogen-bond acceptors (Lipinski definition) is 4. The maximum Gasteiger partial charge on any atom is 0.149 e. The summed E-state index contributed by atoms with van der Waals surface area (Å²) >= 11 is 1.82. The highest BCUT2D eigenvalue weighted by atomic mass is 32.2. The SMILES string of the molecule is CSC(C)CNc1ncc(C)cc1N. The smallest absolute Gasteiger partial charge is 0.149 e. The number of aryl methyl sites for hydroxylation is 1. The van der Waals surface area contributed by atoms with Gasteiger partial charge in [0.15, 0.2) is 0 Å². The molecule has 0 aliphatic rings. The van der Waals surface area contributed by atoms with Crippen molar-refractivity contribution in [3.63, 3.8) is 0 Å². The van der Waals surface area contributed by atoms with Crippen LogP contribution in [0.4, 0.5) is 11.5 Å². The van der Waals surface area contributed by atoms with E-state index in [0.29, 0.717) is 5.25 Å². The third-order valence-electron chi connectivity index (χ3n) is 2.01. The van der Waals surface area contributed by atoms with Gasteiger partial charge in [0.1, 0.15) is 5.82 Å². The van der Waals surface area contributed by atoms with Crippen LogP contribution in [0.2, 0.25) is 0 Å². The molecular formula is C10H17N3S. The maximum absolute atomic E-state index is 5.82. The Morgan fingerprint density at radius 2 is 2.36 bits per heavy atom. The van der Waals surface area contributed by atoms with Crippen LogP contribution in [0.5, 0.6) is 0 Å². The van der Waals surface area contributed by atoms with Crippen LogP contribution in [0.3, 0.4) is 0 Å². The van der Waals surface area contributed by atoms with Gasteiger partial charge < -0.3 is 11.1 Å². The van der Waals surface area contributed by atoms with Gasteiger partial charge in [0.25, 0.3) is 0 Å². The molecule has 3 N–H and O–H groups in total. The fourth-order valence-electron chi connectivity index (χ4n) is 1.06. The van der Waals surface area contributed by atoms with E-state index in [4.69, 9.17) is 5.73 Å². The molecule has 1 rings (SSSR count). The zero-order valence-corrected chi connectivity index (χ0v) is 9.69. The molecule has 0 aliphatic heterocycles. The first kappa shape index (κ1) is 11.2. The summed E-state index contributed by atoms with van der Waals surface area (Å²) in [5, 5.41) is 3.80. The van der Waals surface area contributed by atoms with E-state index in [1.807, 2.05) is 30.9 Å². The predicted molar refractivity (Wildman–Crippen MR) is 64.9 cm³/mol. The first-order valence-electron chi connectivity index (χ1n) is 4.62. The van der Waals surface area contributed by atoms with Crippen molar-refractivity contribution in [1.29, 1.82) is 0 Å². The van der Waals surface area contributed by atoms with Gasteiger partial charge in [-0.3, -0.25) is 0 Å². The minimum absolute atomic E-state index is 0.567. The quantitative estimate of drug-likeness (QED) is 0.801. The number of anilines is 2. The molecule has 0 radical (unpaired) electrons. The Bertz CT molecular complexity index is 301. The lowest BCUT2D eigenvalue weighted by atomic mass is 10.3. The minimum atomic E-state index is 0.567. The van der Waals surface area contributed by atoms with Crippen LogP contribution in [-0.4, -0.2) is 23.0 Å². The van der Waals surface area contributed by atoms with Crippen molar-refractivity contribution in [3.8, 4) is 0 Å². The fourth-order valence-corrected chi connectivity index (χ4v) is 1.31. The van der Waals surface area contributed by atoms with E-state index in [2.05, 4.69) is 23.5 Å². The van der Waals surface area contributed by atoms with E-state index in [1.54, 1.807) is 0 Å². The van der Waals surface area contributed by atoms with Gasteiger partial charge in [-0.05, 0) is 24.8 Å². The van der Waals surface area contributed by atoms with Gasteiger partial charge in [0, 0.05) is 18.0 Å². The van der Waals surface area contributed by atoms with Crippen molar-refractivity contribution < 1.29 is 0 Å². The zero-order chi connectivity index (χ0) is 10.6. The van der Waals surface area contributed by atoms with Crippen molar-refractivity contribution in [1.82, 2.24) is 4.98 Å². The first-order chi connectivity index (χ1) is 6.63. The minimum Gasteiger partial charge on any atom is -0.396 e. The highest BCUT2D eigenvalue weighted by molar-refractivity contribution is 7.99. The number of hydrogen-bond donors (Lipinski definition) is 2. The van der Waals surface area contributed by atoms with Crippen LogP contribution in [-0.2, 0) is 0 Å². The van der Waals surface area contributed by atoms with Crippen molar-refractivity contribution in [2.45, 2.75) is 19.1 Å². The van der Waals surface area contributed by atoms with Crippen molar-refractivity contribution >= 4 is 23.3 Å². The zero-order valence-electron chi connectivity index (χ0n) is 8.87. The average molecular weight is 211 g/mol. The summed E-state index contributed by atoms with van der Waals surface area (Å²) in [5.41, 5.74) is 7.63. The Balaban J connectivity index is 2.59. The van der Waals surface area contributed by atoms with E-state index in [9.17, 15) is 0 Å². The summed E-state index contributed by atoms with van der Waals surface area (Å²) in [7, 11) is 0. The third kappa shape index (κ3) is 3.10. The third-order valence-corrected chi connectivity index (χ3v) is 2.98. The van der Waals surface area contributed by atoms with Crippen LogP contribution in [0.1, 0.15) is 12.5 Å². The van der Waals surface area contributed by atoms with Crippen molar-refractivity contribution in [2.24, 2.45) is 0 Å². The Morgan fingerprint density at radius 1 is 1.64 bits per heavy atom. The molecule has 0 bridgehead atoms. The molecule has 0 spiro atoms. The molecule has 14 heavy (non-hydrogen) atoms. The number of aromatic nitrogens is 1. The molecule has 78 valence electrons. The molecule has 0 saturated carbocycles. The summed E-state index contributed by atoms with van der Waals surface area (Å²) < 4.78 is 0. The largest absolute Gasteiger partial charge is 0.396 e. The number of nitrogens with one attached hydrogen (secondary N) is 1. The van der Waals surface area contributed by atoms with Crippen LogP contribution in [0, 0.1) is 6.92 Å². The number of nitrogens with zero attached hydrogens (tertiary/aromatic N) is 1. The summed E-state index contributed by atoms with van der Waals surface area (Å²) in [6.45, 7) is 5.04. The molecule has 0 amide bonds. The van der Waals surface area contributed by atoms with Crippen molar-refractivity contribution in [3.05, 3.63) is 17.8 Å². The molecule has 1 atom stereocenters. The van der Waals surface area contributed by atoms with Crippen LogP contribution in [0.15, 0.2) is 12.3 Å². The van der Waals surface area contributed by atoms with Gasteiger partial charge >= 0.3 is 0 Å². The van der Waals surface area contributed by atoms with E-state index in [0.717, 1.165) is 23.6 Å². The molecule has 1 aromatic rings. The van der Waals surface area contributed by atoms with Gasteiger partial charge in [0.05, 0.1) is 5.69 Å². The van der Waals surface area contributed by atoms with Crippen molar-refractivity contribution in [2.75, 3.05) is 23.9 Å². The van der Waals surface area contributed by atoms with Gasteiger partial charge in [0.2, 0.25) is 0 Å². The second-order valence-corrected chi connectivity index (χ2v) is 4.65. The summed E-state index contributed by atoms with van der Waals surface area (Å²) in [6.07, 6.45) is 3.92. The fraction of sp³-hybridized carbons (Fsp3) is 0.500. The normalized spacial score (nSPS) is 12.5. The number of nitrogen functional groups attached to an aromatic ring is 1. The van der Waals surface area contributed by atoms with E-state index >= 15 is 0 Å². The Morgan fingerprint density at radius 3 is 2.93 bits per heavy atom. The van der Waals surface area contributed by atoms with Gasteiger partial charge in [-0.25, -0.2) is 4.98 Å².